The summed E-state index contributed by atoms with van der Waals surface area (Å²) < 4.78 is 0. The highest BCUT2D eigenvalue weighted by molar-refractivity contribution is 5.79. The summed E-state index contributed by atoms with van der Waals surface area (Å²) in [7, 11) is 0. The lowest BCUT2D eigenvalue weighted by Crippen LogP contribution is -2.43. The molecule has 3 amide bonds. The number of nitrogens with one attached hydrogen (secondary N) is 3. The van der Waals surface area contributed by atoms with Gasteiger partial charge in [-0.25, -0.2) is 0 Å². The Kier molecular flexibility index (Phi) is 16.4. The molecule has 1 fully saturated rings. The van der Waals surface area contributed by atoms with Gasteiger partial charge in [-0.15, -0.1) is 0 Å². The number of rotatable bonds is 10. The zero-order valence-electron chi connectivity index (χ0n) is 22.6. The number of nitriles is 1. The molecule has 0 aromatic carbocycles. The van der Waals surface area contributed by atoms with Gasteiger partial charge in [-0.3, -0.25) is 14.4 Å². The summed E-state index contributed by atoms with van der Waals surface area (Å²) in [4.78, 5) is 33.0. The number of aliphatic hydroxyl groups excluding tert-OH is 1. The maximum absolute atomic E-state index is 11.1. The van der Waals surface area contributed by atoms with E-state index in [1.54, 1.807) is 34.6 Å². The van der Waals surface area contributed by atoms with Crippen molar-refractivity contribution in [2.75, 3.05) is 13.1 Å². The van der Waals surface area contributed by atoms with Crippen LogP contribution in [0.1, 0.15) is 88.0 Å². The summed E-state index contributed by atoms with van der Waals surface area (Å²) in [6.07, 6.45) is 2.78. The van der Waals surface area contributed by atoms with Gasteiger partial charge >= 0.3 is 0 Å². The first-order valence-corrected chi connectivity index (χ1v) is 12.2. The summed E-state index contributed by atoms with van der Waals surface area (Å²) in [6.45, 7) is 17.2. The van der Waals surface area contributed by atoms with Crippen molar-refractivity contribution >= 4 is 17.7 Å². The molecule has 1 rings (SSSR count). The average molecular weight is 485 g/mol. The largest absolute Gasteiger partial charge is 0.393 e. The molecule has 0 spiro atoms. The van der Waals surface area contributed by atoms with Crippen molar-refractivity contribution in [3.63, 3.8) is 0 Å². The lowest BCUT2D eigenvalue weighted by atomic mass is 10.1. The van der Waals surface area contributed by atoms with Crippen LogP contribution in [0.4, 0.5) is 0 Å². The van der Waals surface area contributed by atoms with Crippen molar-refractivity contribution < 1.29 is 24.6 Å². The molecule has 1 atom stereocenters. The number of nitrogens with zero attached hydrogens (tertiary/aromatic N) is 1. The number of aliphatic hydroxyl groups is 2. The van der Waals surface area contributed by atoms with E-state index in [4.69, 9.17) is 10.4 Å². The SMILES string of the molecule is CC(C)C(=O)NC(C)(C)C#N.CC(C)C(=O)NCCC1(O)CC1.CC(O)CCNC(=O)C(C)C. The van der Waals surface area contributed by atoms with Crippen molar-refractivity contribution in [1.82, 2.24) is 16.0 Å². The van der Waals surface area contributed by atoms with Gasteiger partial charge in [-0.2, -0.15) is 5.26 Å². The fourth-order valence-corrected chi connectivity index (χ4v) is 2.11. The molecule has 0 heterocycles. The van der Waals surface area contributed by atoms with Crippen LogP contribution >= 0.6 is 0 Å². The third-order valence-electron chi connectivity index (χ3n) is 4.87. The molecule has 9 nitrogen and oxygen atoms in total. The van der Waals surface area contributed by atoms with Crippen LogP contribution in [0.3, 0.4) is 0 Å². The molecule has 0 bridgehead atoms. The first-order chi connectivity index (χ1) is 15.5. The quantitative estimate of drug-likeness (QED) is 0.321. The molecule has 5 N–H and O–H groups in total. The first-order valence-electron chi connectivity index (χ1n) is 12.2. The summed E-state index contributed by atoms with van der Waals surface area (Å²) in [5, 5.41) is 34.9. The van der Waals surface area contributed by atoms with E-state index in [1.807, 2.05) is 33.8 Å². The van der Waals surface area contributed by atoms with Crippen LogP contribution in [-0.2, 0) is 14.4 Å². The predicted molar refractivity (Wildman–Crippen MR) is 133 cm³/mol. The molecule has 1 saturated carbocycles. The van der Waals surface area contributed by atoms with Crippen LogP contribution < -0.4 is 16.0 Å². The third kappa shape index (κ3) is 19.3. The van der Waals surface area contributed by atoms with Crippen molar-refractivity contribution in [1.29, 1.82) is 5.26 Å². The standard InChI is InChI=1S/C9H17NO2.C8H14N2O.C8H17NO2/c1-7(2)8(11)10-6-5-9(12)3-4-9;1-6(2)7(11)10-8(3,4)5-9;1-6(2)8(11)9-5-4-7(3)10/h7,12H,3-6H2,1-2H3,(H,10,11);6H,1-4H3,(H,10,11);6-7,10H,4-5H2,1-3H3,(H,9,11). The second-order valence-corrected chi connectivity index (χ2v) is 10.4. The highest BCUT2D eigenvalue weighted by Crippen LogP contribution is 2.37. The maximum Gasteiger partial charge on any atom is 0.223 e. The van der Waals surface area contributed by atoms with Crippen molar-refractivity contribution in [2.24, 2.45) is 17.8 Å². The molecule has 1 aliphatic rings. The lowest BCUT2D eigenvalue weighted by molar-refractivity contribution is -0.125. The number of hydrogen-bond acceptors (Lipinski definition) is 6. The van der Waals surface area contributed by atoms with E-state index in [0.29, 0.717) is 25.9 Å². The number of hydrogen-bond donors (Lipinski definition) is 5. The third-order valence-corrected chi connectivity index (χ3v) is 4.87. The van der Waals surface area contributed by atoms with Gasteiger partial charge in [0.25, 0.3) is 0 Å². The molecule has 198 valence electrons. The molecule has 0 aromatic rings. The molecular formula is C25H48N4O5. The fraction of sp³-hybridized carbons (Fsp3) is 0.840. The van der Waals surface area contributed by atoms with Crippen LogP contribution in [0.2, 0.25) is 0 Å². The van der Waals surface area contributed by atoms with Gasteiger partial charge in [0.2, 0.25) is 17.7 Å². The Hall–Kier alpha value is -2.18. The van der Waals surface area contributed by atoms with Crippen LogP contribution in [0.15, 0.2) is 0 Å². The van der Waals surface area contributed by atoms with Crippen LogP contribution in [-0.4, -0.2) is 58.3 Å². The van der Waals surface area contributed by atoms with Gasteiger partial charge in [-0.05, 0) is 46.5 Å². The minimum atomic E-state index is -0.749. The van der Waals surface area contributed by atoms with E-state index >= 15 is 0 Å². The Labute approximate surface area is 206 Å². The summed E-state index contributed by atoms with van der Waals surface area (Å²) in [5.74, 6) is 0.0342. The minimum Gasteiger partial charge on any atom is -0.393 e. The second kappa shape index (κ2) is 16.4. The fourth-order valence-electron chi connectivity index (χ4n) is 2.11. The molecule has 1 aliphatic carbocycles. The Morgan fingerprint density at radius 1 is 0.882 bits per heavy atom. The second-order valence-electron chi connectivity index (χ2n) is 10.4. The Balaban J connectivity index is 0. The molecule has 0 saturated heterocycles. The smallest absolute Gasteiger partial charge is 0.223 e. The van der Waals surface area contributed by atoms with Gasteiger partial charge in [-0.1, -0.05) is 41.5 Å². The highest BCUT2D eigenvalue weighted by atomic mass is 16.3. The minimum absolute atomic E-state index is 0.0315. The summed E-state index contributed by atoms with van der Waals surface area (Å²) in [5.41, 5.74) is -1.19. The number of amides is 3. The van der Waals surface area contributed by atoms with Crippen molar-refractivity contribution in [3.05, 3.63) is 0 Å². The maximum atomic E-state index is 11.1. The monoisotopic (exact) mass is 484 g/mol. The molecular weight excluding hydrogens is 436 g/mol. The molecule has 9 heteroatoms. The van der Waals surface area contributed by atoms with E-state index in [2.05, 4.69) is 16.0 Å². The van der Waals surface area contributed by atoms with E-state index in [9.17, 15) is 19.5 Å². The summed E-state index contributed by atoms with van der Waals surface area (Å²) in [6, 6.07) is 2.00. The zero-order valence-corrected chi connectivity index (χ0v) is 22.6. The highest BCUT2D eigenvalue weighted by Gasteiger charge is 2.39. The van der Waals surface area contributed by atoms with Gasteiger partial charge < -0.3 is 26.2 Å². The van der Waals surface area contributed by atoms with E-state index in [-0.39, 0.29) is 41.6 Å². The zero-order chi connectivity index (χ0) is 27.1. The number of carbonyl (C=O) groups is 3. The predicted octanol–water partition coefficient (Wildman–Crippen LogP) is 2.26. The van der Waals surface area contributed by atoms with Gasteiger partial charge in [0, 0.05) is 30.8 Å². The molecule has 34 heavy (non-hydrogen) atoms. The normalized spacial score (nSPS) is 14.6. The van der Waals surface area contributed by atoms with E-state index < -0.39 is 11.1 Å². The molecule has 0 aliphatic heterocycles. The topological polar surface area (TPSA) is 152 Å². The molecule has 0 radical (unpaired) electrons. The first kappa shape index (κ1) is 34.0. The van der Waals surface area contributed by atoms with Crippen molar-refractivity contribution in [3.8, 4) is 6.07 Å². The molecule has 0 aromatic heterocycles. The Morgan fingerprint density at radius 3 is 1.62 bits per heavy atom. The van der Waals surface area contributed by atoms with Crippen LogP contribution in [0, 0.1) is 29.1 Å². The lowest BCUT2D eigenvalue weighted by Gasteiger charge is -2.18. The number of carbonyl (C=O) groups excluding carboxylic acids is 3. The van der Waals surface area contributed by atoms with E-state index in [0.717, 1.165) is 12.8 Å². The van der Waals surface area contributed by atoms with Gasteiger partial charge in [0.05, 0.1) is 17.8 Å². The van der Waals surface area contributed by atoms with Crippen molar-refractivity contribution in [2.45, 2.75) is 105 Å². The van der Waals surface area contributed by atoms with Gasteiger partial charge in [0.1, 0.15) is 5.54 Å². The Morgan fingerprint density at radius 2 is 1.29 bits per heavy atom. The Bertz CT molecular complexity index is 663. The average Bonchev–Trinajstić information content (AvgIpc) is 3.45. The van der Waals surface area contributed by atoms with Crippen LogP contribution in [0.5, 0.6) is 0 Å². The van der Waals surface area contributed by atoms with Gasteiger partial charge in [0.15, 0.2) is 0 Å². The molecule has 1 unspecified atom stereocenters. The van der Waals surface area contributed by atoms with E-state index in [1.165, 1.54) is 0 Å². The summed E-state index contributed by atoms with van der Waals surface area (Å²) >= 11 is 0. The van der Waals surface area contributed by atoms with Crippen LogP contribution in [0.25, 0.3) is 0 Å².